The average molecular weight is 449 g/mol. The van der Waals surface area contributed by atoms with E-state index in [9.17, 15) is 4.79 Å². The van der Waals surface area contributed by atoms with Crippen LogP contribution in [0.4, 0.5) is 5.95 Å². The molecule has 1 aliphatic heterocycles. The van der Waals surface area contributed by atoms with E-state index in [1.807, 2.05) is 30.3 Å². The van der Waals surface area contributed by atoms with Crippen molar-refractivity contribution in [3.05, 3.63) is 53.9 Å². The van der Waals surface area contributed by atoms with Crippen molar-refractivity contribution in [3.8, 4) is 22.6 Å². The highest BCUT2D eigenvalue weighted by Crippen LogP contribution is 2.26. The first-order chi connectivity index (χ1) is 15.5. The minimum atomic E-state index is -0.729. The highest BCUT2D eigenvalue weighted by atomic mass is 35.5. The molecule has 4 heterocycles. The molecule has 0 atom stereocenters. The van der Waals surface area contributed by atoms with Crippen LogP contribution in [0.3, 0.4) is 0 Å². The number of aliphatic carboxylic acids is 1. The van der Waals surface area contributed by atoms with Crippen molar-refractivity contribution >= 4 is 34.6 Å². The standard InChI is InChI=1S/C23H21ClN6O2/c24-17-2-4-19-20(10-17)29-22(28-19)15-1-3-18(25-11-15)16-12-26-23(27-13-16)30-7-5-14(6-8-30)9-21(31)32/h1-4,10-14H,5-9H2,(H,28,29)(H,31,32). The van der Waals surface area contributed by atoms with Crippen molar-refractivity contribution in [1.29, 1.82) is 0 Å². The van der Waals surface area contributed by atoms with Crippen LogP contribution in [0.15, 0.2) is 48.9 Å². The summed E-state index contributed by atoms with van der Waals surface area (Å²) in [6, 6.07) is 9.44. The van der Waals surface area contributed by atoms with Crippen LogP contribution in [0.5, 0.6) is 0 Å². The van der Waals surface area contributed by atoms with E-state index in [2.05, 4.69) is 29.8 Å². The number of H-pyrrole nitrogens is 1. The molecule has 1 aliphatic rings. The molecule has 0 bridgehead atoms. The van der Waals surface area contributed by atoms with Crippen molar-refractivity contribution in [2.24, 2.45) is 5.92 Å². The molecule has 1 saturated heterocycles. The summed E-state index contributed by atoms with van der Waals surface area (Å²) >= 11 is 6.05. The van der Waals surface area contributed by atoms with Gasteiger partial charge in [0.05, 0.1) is 16.7 Å². The number of fused-ring (bicyclic) bond motifs is 1. The lowest BCUT2D eigenvalue weighted by Crippen LogP contribution is -2.35. The van der Waals surface area contributed by atoms with Gasteiger partial charge >= 0.3 is 5.97 Å². The molecule has 2 N–H and O–H groups in total. The number of carboxylic acids is 1. The Morgan fingerprint density at radius 2 is 1.81 bits per heavy atom. The van der Waals surface area contributed by atoms with Crippen molar-refractivity contribution in [2.45, 2.75) is 19.3 Å². The van der Waals surface area contributed by atoms with E-state index >= 15 is 0 Å². The quantitative estimate of drug-likeness (QED) is 0.465. The Hall–Kier alpha value is -3.52. The number of carbonyl (C=O) groups is 1. The Labute approximate surface area is 189 Å². The first-order valence-corrected chi connectivity index (χ1v) is 10.8. The predicted octanol–water partition coefficient (Wildman–Crippen LogP) is 4.43. The number of imidazole rings is 1. The number of piperidine rings is 1. The lowest BCUT2D eigenvalue weighted by molar-refractivity contribution is -0.138. The summed E-state index contributed by atoms with van der Waals surface area (Å²) in [6.45, 7) is 1.54. The second kappa shape index (κ2) is 8.55. The Bertz CT molecular complexity index is 1250. The summed E-state index contributed by atoms with van der Waals surface area (Å²) in [7, 11) is 0. The molecular formula is C23H21ClN6O2. The molecule has 0 unspecified atom stereocenters. The number of aromatic nitrogens is 5. The largest absolute Gasteiger partial charge is 0.481 e. The van der Waals surface area contributed by atoms with Crippen molar-refractivity contribution in [3.63, 3.8) is 0 Å². The normalized spacial score (nSPS) is 14.7. The second-order valence-corrected chi connectivity index (χ2v) is 8.42. The molecule has 0 aliphatic carbocycles. The van der Waals surface area contributed by atoms with E-state index in [0.717, 1.165) is 59.6 Å². The zero-order chi connectivity index (χ0) is 22.1. The van der Waals surface area contributed by atoms with E-state index in [4.69, 9.17) is 16.7 Å². The summed E-state index contributed by atoms with van der Waals surface area (Å²) < 4.78 is 0. The van der Waals surface area contributed by atoms with Crippen LogP contribution < -0.4 is 4.90 Å². The van der Waals surface area contributed by atoms with Crippen LogP contribution in [0.2, 0.25) is 5.02 Å². The number of hydrogen-bond acceptors (Lipinski definition) is 6. The molecule has 0 spiro atoms. The number of pyridine rings is 1. The van der Waals surface area contributed by atoms with Gasteiger partial charge in [-0.25, -0.2) is 15.0 Å². The Morgan fingerprint density at radius 3 is 2.50 bits per heavy atom. The molecule has 3 aromatic heterocycles. The number of benzene rings is 1. The van der Waals surface area contributed by atoms with Gasteiger partial charge in [0.15, 0.2) is 0 Å². The van der Waals surface area contributed by atoms with Gasteiger partial charge in [0.2, 0.25) is 5.95 Å². The summed E-state index contributed by atoms with van der Waals surface area (Å²) in [5, 5.41) is 9.61. The zero-order valence-corrected chi connectivity index (χ0v) is 18.0. The molecule has 9 heteroatoms. The molecule has 4 aromatic rings. The maximum atomic E-state index is 10.9. The summed E-state index contributed by atoms with van der Waals surface area (Å²) in [5.41, 5.74) is 4.22. The van der Waals surface area contributed by atoms with Gasteiger partial charge in [-0.1, -0.05) is 11.6 Å². The number of nitrogens with one attached hydrogen (secondary N) is 1. The minimum Gasteiger partial charge on any atom is -0.481 e. The van der Waals surface area contributed by atoms with E-state index in [1.54, 1.807) is 18.6 Å². The number of aromatic amines is 1. The fourth-order valence-electron chi connectivity index (χ4n) is 4.02. The number of nitrogens with zero attached hydrogens (tertiary/aromatic N) is 5. The van der Waals surface area contributed by atoms with Crippen LogP contribution >= 0.6 is 11.6 Å². The molecular weight excluding hydrogens is 428 g/mol. The van der Waals surface area contributed by atoms with E-state index in [0.29, 0.717) is 11.0 Å². The molecule has 1 fully saturated rings. The molecule has 32 heavy (non-hydrogen) atoms. The minimum absolute atomic E-state index is 0.231. The third-order valence-electron chi connectivity index (χ3n) is 5.78. The molecule has 1 aromatic carbocycles. The highest BCUT2D eigenvalue weighted by Gasteiger charge is 2.22. The van der Waals surface area contributed by atoms with Gasteiger partial charge in [-0.15, -0.1) is 0 Å². The first-order valence-electron chi connectivity index (χ1n) is 10.5. The third kappa shape index (κ3) is 4.27. The van der Waals surface area contributed by atoms with Gasteiger partial charge in [0.25, 0.3) is 0 Å². The average Bonchev–Trinajstić information content (AvgIpc) is 3.23. The number of rotatable bonds is 5. The van der Waals surface area contributed by atoms with Crippen molar-refractivity contribution in [1.82, 2.24) is 24.9 Å². The van der Waals surface area contributed by atoms with Crippen LogP contribution in [-0.4, -0.2) is 49.1 Å². The third-order valence-corrected chi connectivity index (χ3v) is 6.01. The van der Waals surface area contributed by atoms with Gasteiger partial charge in [0.1, 0.15) is 5.82 Å². The van der Waals surface area contributed by atoms with Crippen LogP contribution in [-0.2, 0) is 4.79 Å². The lowest BCUT2D eigenvalue weighted by atomic mass is 9.94. The molecule has 162 valence electrons. The number of halogens is 1. The van der Waals surface area contributed by atoms with Crippen molar-refractivity contribution < 1.29 is 9.90 Å². The topological polar surface area (TPSA) is 108 Å². The zero-order valence-electron chi connectivity index (χ0n) is 17.2. The first kappa shape index (κ1) is 20.4. The Balaban J connectivity index is 1.27. The van der Waals surface area contributed by atoms with Gasteiger partial charge in [0, 0.05) is 54.3 Å². The van der Waals surface area contributed by atoms with Gasteiger partial charge in [-0.2, -0.15) is 0 Å². The van der Waals surface area contributed by atoms with E-state index in [1.165, 1.54) is 0 Å². The predicted molar refractivity (Wildman–Crippen MR) is 123 cm³/mol. The second-order valence-electron chi connectivity index (χ2n) is 7.98. The number of carboxylic acid groups (broad SMARTS) is 1. The maximum Gasteiger partial charge on any atom is 0.303 e. The van der Waals surface area contributed by atoms with Crippen LogP contribution in [0.1, 0.15) is 19.3 Å². The summed E-state index contributed by atoms with van der Waals surface area (Å²) in [4.78, 5) is 34.4. The lowest BCUT2D eigenvalue weighted by Gasteiger charge is -2.31. The molecule has 0 saturated carbocycles. The Kier molecular flexibility index (Phi) is 5.45. The summed E-state index contributed by atoms with van der Waals surface area (Å²) in [5.74, 6) is 0.904. The van der Waals surface area contributed by atoms with Gasteiger partial charge < -0.3 is 15.0 Å². The molecule has 5 rings (SSSR count). The number of hydrogen-bond donors (Lipinski definition) is 2. The van der Waals surface area contributed by atoms with E-state index < -0.39 is 5.97 Å². The van der Waals surface area contributed by atoms with Gasteiger partial charge in [-0.3, -0.25) is 9.78 Å². The highest BCUT2D eigenvalue weighted by molar-refractivity contribution is 6.31. The maximum absolute atomic E-state index is 10.9. The molecule has 8 nitrogen and oxygen atoms in total. The van der Waals surface area contributed by atoms with Crippen LogP contribution in [0.25, 0.3) is 33.7 Å². The monoisotopic (exact) mass is 448 g/mol. The fourth-order valence-corrected chi connectivity index (χ4v) is 4.19. The van der Waals surface area contributed by atoms with Crippen molar-refractivity contribution in [2.75, 3.05) is 18.0 Å². The smallest absolute Gasteiger partial charge is 0.303 e. The number of anilines is 1. The summed E-state index contributed by atoms with van der Waals surface area (Å²) in [6.07, 6.45) is 7.24. The fraction of sp³-hybridized carbons (Fsp3) is 0.261. The van der Waals surface area contributed by atoms with Crippen LogP contribution in [0, 0.1) is 5.92 Å². The SMILES string of the molecule is O=C(O)CC1CCN(c2ncc(-c3ccc(-c4nc5cc(Cl)ccc5[nH]4)cn3)cn2)CC1. The van der Waals surface area contributed by atoms with Gasteiger partial charge in [-0.05, 0) is 49.1 Å². The molecule has 0 radical (unpaired) electrons. The molecule has 0 amide bonds. The van der Waals surface area contributed by atoms with E-state index in [-0.39, 0.29) is 12.3 Å². The Morgan fingerprint density at radius 1 is 1.06 bits per heavy atom.